The fourth-order valence-corrected chi connectivity index (χ4v) is 3.21. The van der Waals surface area contributed by atoms with Crippen LogP contribution in [0.15, 0.2) is 36.5 Å². The van der Waals surface area contributed by atoms with Crippen LogP contribution in [0.4, 0.5) is 33.5 Å². The number of aryl methyl sites for hydroxylation is 1. The number of fused-ring (bicyclic) bond motifs is 1. The number of benzene rings is 1. The highest BCUT2D eigenvalue weighted by Crippen LogP contribution is 2.32. The van der Waals surface area contributed by atoms with E-state index in [0.29, 0.717) is 17.2 Å². The summed E-state index contributed by atoms with van der Waals surface area (Å²) < 4.78 is 25.7. The molecule has 11 nitrogen and oxygen atoms in total. The van der Waals surface area contributed by atoms with E-state index in [1.54, 1.807) is 38.1 Å². The first-order valence-corrected chi connectivity index (χ1v) is 11.1. The van der Waals surface area contributed by atoms with E-state index < -0.39 is 11.2 Å². The van der Waals surface area contributed by atoms with E-state index in [2.05, 4.69) is 36.2 Å². The molecule has 12 heteroatoms. The highest BCUT2D eigenvalue weighted by molar-refractivity contribution is 5.96. The molecular formula is C24H26FN7O4. The Morgan fingerprint density at radius 1 is 1.22 bits per heavy atom. The maximum absolute atomic E-state index is 14.5. The predicted octanol–water partition coefficient (Wildman–Crippen LogP) is 3.29. The van der Waals surface area contributed by atoms with Crippen LogP contribution in [0.2, 0.25) is 0 Å². The number of nitrogens with zero attached hydrogens (tertiary/aromatic N) is 3. The van der Waals surface area contributed by atoms with Gasteiger partial charge in [0.05, 0.1) is 11.6 Å². The van der Waals surface area contributed by atoms with Crippen molar-refractivity contribution < 1.29 is 23.5 Å². The van der Waals surface area contributed by atoms with E-state index in [1.807, 2.05) is 13.0 Å². The molecule has 36 heavy (non-hydrogen) atoms. The molecule has 0 spiro atoms. The van der Waals surface area contributed by atoms with Crippen LogP contribution < -0.4 is 30.7 Å². The van der Waals surface area contributed by atoms with E-state index in [0.717, 1.165) is 11.8 Å². The van der Waals surface area contributed by atoms with Gasteiger partial charge in [-0.1, -0.05) is 0 Å². The average molecular weight is 496 g/mol. The maximum Gasteiger partial charge on any atom is 0.257 e. The van der Waals surface area contributed by atoms with Gasteiger partial charge >= 0.3 is 0 Å². The van der Waals surface area contributed by atoms with Gasteiger partial charge in [-0.3, -0.25) is 9.59 Å². The Morgan fingerprint density at radius 2 is 2.03 bits per heavy atom. The topological polar surface area (TPSA) is 139 Å². The largest absolute Gasteiger partial charge is 0.489 e. The van der Waals surface area contributed by atoms with Crippen LogP contribution in [0.25, 0.3) is 0 Å². The van der Waals surface area contributed by atoms with Gasteiger partial charge < -0.3 is 30.7 Å². The van der Waals surface area contributed by atoms with E-state index in [1.165, 1.54) is 7.05 Å². The maximum atomic E-state index is 14.5. The molecule has 188 valence electrons. The van der Waals surface area contributed by atoms with Gasteiger partial charge in [0.15, 0.2) is 29.8 Å². The van der Waals surface area contributed by atoms with Crippen molar-refractivity contribution in [3.05, 3.63) is 47.9 Å². The van der Waals surface area contributed by atoms with Crippen LogP contribution in [0.5, 0.6) is 11.5 Å². The van der Waals surface area contributed by atoms with Crippen LogP contribution in [0, 0.1) is 18.2 Å². The summed E-state index contributed by atoms with van der Waals surface area (Å²) in [4.78, 5) is 36.4. The van der Waals surface area contributed by atoms with Crippen molar-refractivity contribution in [2.24, 2.45) is 5.41 Å². The predicted molar refractivity (Wildman–Crippen MR) is 131 cm³/mol. The minimum absolute atomic E-state index is 0.120. The van der Waals surface area contributed by atoms with E-state index >= 15 is 0 Å². The molecule has 0 radical (unpaired) electrons. The molecule has 0 saturated carbocycles. The van der Waals surface area contributed by atoms with Crippen molar-refractivity contribution in [1.29, 1.82) is 0 Å². The van der Waals surface area contributed by atoms with Gasteiger partial charge in [-0.2, -0.15) is 4.98 Å². The van der Waals surface area contributed by atoms with E-state index in [9.17, 15) is 14.0 Å². The van der Waals surface area contributed by atoms with Crippen LogP contribution >= 0.6 is 0 Å². The zero-order chi connectivity index (χ0) is 25.9. The molecule has 0 unspecified atom stereocenters. The SMILES string of the molecule is CNC(=O)COc1cc(C)cc(Nc2ncc(F)c(Nc3ccc4c(n3)NC(=O)C(C)(C)CO4)n2)c1. The molecule has 0 aliphatic carbocycles. The number of nitrogens with one attached hydrogen (secondary N) is 4. The lowest BCUT2D eigenvalue weighted by atomic mass is 9.94. The van der Waals surface area contributed by atoms with Gasteiger partial charge in [0.25, 0.3) is 5.91 Å². The van der Waals surface area contributed by atoms with Crippen molar-refractivity contribution in [3.63, 3.8) is 0 Å². The molecule has 1 aromatic carbocycles. The minimum atomic E-state index is -0.725. The highest BCUT2D eigenvalue weighted by atomic mass is 19.1. The lowest BCUT2D eigenvalue weighted by molar-refractivity contribution is -0.125. The van der Waals surface area contributed by atoms with Crippen LogP contribution in [-0.4, -0.2) is 47.0 Å². The lowest BCUT2D eigenvalue weighted by Gasteiger charge is -2.18. The molecule has 0 bridgehead atoms. The molecule has 0 atom stereocenters. The number of hydrogen-bond donors (Lipinski definition) is 4. The summed E-state index contributed by atoms with van der Waals surface area (Å²) in [6, 6.07) is 8.51. The summed E-state index contributed by atoms with van der Waals surface area (Å²) in [5.41, 5.74) is 0.732. The van der Waals surface area contributed by atoms with Crippen molar-refractivity contribution >= 4 is 40.9 Å². The molecule has 2 aromatic heterocycles. The molecular weight excluding hydrogens is 469 g/mol. The molecule has 4 N–H and O–H groups in total. The summed E-state index contributed by atoms with van der Waals surface area (Å²) in [6.07, 6.45) is 1.02. The highest BCUT2D eigenvalue weighted by Gasteiger charge is 2.33. The fraction of sp³-hybridized carbons (Fsp3) is 0.292. The molecule has 1 aliphatic heterocycles. The molecule has 4 rings (SSSR count). The standard InChI is InChI=1S/C24H26FN7O4/c1-13-7-14(9-15(8-13)35-11-19(33)26-4)28-23-27-10-16(25)20(32-23)29-18-6-5-17-21(30-18)31-22(34)24(2,3)12-36-17/h5-10H,11-12H2,1-4H3,(H,26,33)(H3,27,28,29,30,31,32,34). The molecule has 0 saturated heterocycles. The first-order chi connectivity index (χ1) is 17.1. The van der Waals surface area contributed by atoms with Gasteiger partial charge in [0.1, 0.15) is 18.2 Å². The Kier molecular flexibility index (Phi) is 6.86. The van der Waals surface area contributed by atoms with Gasteiger partial charge in [-0.05, 0) is 50.6 Å². The number of pyridine rings is 1. The number of ether oxygens (including phenoxy) is 2. The number of likely N-dealkylation sites (N-methyl/N-ethyl adjacent to an activating group) is 1. The van der Waals surface area contributed by atoms with Crippen molar-refractivity contribution in [2.75, 3.05) is 36.2 Å². The first kappa shape index (κ1) is 24.6. The Labute approximate surface area is 206 Å². The normalized spacial score (nSPS) is 14.0. The summed E-state index contributed by atoms with van der Waals surface area (Å²) >= 11 is 0. The summed E-state index contributed by atoms with van der Waals surface area (Å²) in [5, 5.41) is 11.0. The molecule has 0 fully saturated rings. The second kappa shape index (κ2) is 10.0. The van der Waals surface area contributed by atoms with Crippen LogP contribution in [0.3, 0.4) is 0 Å². The van der Waals surface area contributed by atoms with Gasteiger partial charge in [0.2, 0.25) is 11.9 Å². The van der Waals surface area contributed by atoms with Crippen LogP contribution in [-0.2, 0) is 9.59 Å². The average Bonchev–Trinajstić information content (AvgIpc) is 2.94. The third kappa shape index (κ3) is 5.77. The molecule has 1 aliphatic rings. The van der Waals surface area contributed by atoms with Crippen molar-refractivity contribution in [3.8, 4) is 11.5 Å². The number of anilines is 5. The minimum Gasteiger partial charge on any atom is -0.489 e. The number of carbonyl (C=O) groups is 2. The van der Waals surface area contributed by atoms with E-state index in [-0.39, 0.29) is 48.4 Å². The molecule has 3 heterocycles. The number of rotatable bonds is 7. The number of aromatic nitrogens is 3. The van der Waals surface area contributed by atoms with E-state index in [4.69, 9.17) is 9.47 Å². The van der Waals surface area contributed by atoms with Gasteiger partial charge in [-0.15, -0.1) is 0 Å². The third-order valence-electron chi connectivity index (χ3n) is 5.24. The molecule has 2 amide bonds. The summed E-state index contributed by atoms with van der Waals surface area (Å²) in [5.74, 6) is 0.181. The van der Waals surface area contributed by atoms with Gasteiger partial charge in [0, 0.05) is 18.8 Å². The first-order valence-electron chi connectivity index (χ1n) is 11.1. The summed E-state index contributed by atoms with van der Waals surface area (Å²) in [7, 11) is 1.53. The number of hydrogen-bond acceptors (Lipinski definition) is 9. The molecule has 3 aromatic rings. The Balaban J connectivity index is 1.52. The number of amides is 2. The fourth-order valence-electron chi connectivity index (χ4n) is 3.21. The Hall–Kier alpha value is -4.48. The zero-order valence-corrected chi connectivity index (χ0v) is 20.2. The Bertz CT molecular complexity index is 1320. The number of halogens is 1. The second-order valence-corrected chi connectivity index (χ2v) is 8.81. The smallest absolute Gasteiger partial charge is 0.257 e. The van der Waals surface area contributed by atoms with Gasteiger partial charge in [-0.25, -0.2) is 14.4 Å². The zero-order valence-electron chi connectivity index (χ0n) is 20.2. The third-order valence-corrected chi connectivity index (χ3v) is 5.24. The van der Waals surface area contributed by atoms with Crippen LogP contribution in [0.1, 0.15) is 19.4 Å². The van der Waals surface area contributed by atoms with Crippen molar-refractivity contribution in [2.45, 2.75) is 20.8 Å². The number of carbonyl (C=O) groups excluding carboxylic acids is 2. The lowest BCUT2D eigenvalue weighted by Crippen LogP contribution is -2.33. The quantitative estimate of drug-likeness (QED) is 0.389. The van der Waals surface area contributed by atoms with Crippen molar-refractivity contribution in [1.82, 2.24) is 20.3 Å². The second-order valence-electron chi connectivity index (χ2n) is 8.81. The Morgan fingerprint density at radius 3 is 2.81 bits per heavy atom. The monoisotopic (exact) mass is 495 g/mol. The summed E-state index contributed by atoms with van der Waals surface area (Å²) in [6.45, 7) is 5.47.